The fourth-order valence-corrected chi connectivity index (χ4v) is 3.16. The van der Waals surface area contributed by atoms with Gasteiger partial charge in [-0.15, -0.1) is 5.10 Å². The highest BCUT2D eigenvalue weighted by atomic mass is 16.5. The molecule has 0 saturated carbocycles. The Labute approximate surface area is 137 Å². The summed E-state index contributed by atoms with van der Waals surface area (Å²) in [5.41, 5.74) is 0.807. The van der Waals surface area contributed by atoms with Crippen molar-refractivity contribution in [2.75, 3.05) is 19.7 Å². The summed E-state index contributed by atoms with van der Waals surface area (Å²) in [6.45, 7) is 1.16. The molecule has 3 heterocycles. The predicted molar refractivity (Wildman–Crippen MR) is 81.3 cm³/mol. The second kappa shape index (κ2) is 5.91. The monoisotopic (exact) mass is 328 g/mol. The van der Waals surface area contributed by atoms with Gasteiger partial charge in [-0.3, -0.25) is 9.59 Å². The molecule has 9 nitrogen and oxygen atoms in total. The number of likely N-dealkylation sites (tertiary alicyclic amines) is 1. The SMILES string of the molecule is O=C1C[C@H]2CN(C(=O)COc3ccc(-n4cnnn4)cc3)C[C@H]2N1. The fraction of sp³-hybridized carbons (Fsp3) is 0.400. The number of rotatable bonds is 4. The standard InChI is InChI=1S/C15H16N6O3/c22-14-5-10-6-20(7-13(10)17-14)15(23)8-24-12-3-1-11(2-4-12)21-9-16-18-19-21/h1-4,9-10,13H,5-8H2,(H,17,22)/t10-,13+/m0/s1. The molecule has 9 heteroatoms. The Bertz CT molecular complexity index is 729. The van der Waals surface area contributed by atoms with Gasteiger partial charge in [-0.1, -0.05) is 0 Å². The number of amides is 2. The molecule has 1 aromatic carbocycles. The van der Waals surface area contributed by atoms with E-state index < -0.39 is 0 Å². The van der Waals surface area contributed by atoms with E-state index in [0.29, 0.717) is 25.3 Å². The molecule has 2 aromatic rings. The molecule has 24 heavy (non-hydrogen) atoms. The zero-order valence-corrected chi connectivity index (χ0v) is 12.8. The summed E-state index contributed by atoms with van der Waals surface area (Å²) in [4.78, 5) is 25.3. The van der Waals surface area contributed by atoms with Crippen LogP contribution in [0, 0.1) is 5.92 Å². The van der Waals surface area contributed by atoms with Gasteiger partial charge in [0.05, 0.1) is 11.7 Å². The third kappa shape index (κ3) is 2.80. The van der Waals surface area contributed by atoms with Crippen LogP contribution in [0.4, 0.5) is 0 Å². The molecule has 124 valence electrons. The minimum absolute atomic E-state index is 0.0163. The van der Waals surface area contributed by atoms with Crippen LogP contribution in [0.25, 0.3) is 5.69 Å². The molecule has 4 rings (SSSR count). The van der Waals surface area contributed by atoms with E-state index in [1.165, 1.54) is 11.0 Å². The first-order valence-corrected chi connectivity index (χ1v) is 7.72. The first-order valence-electron chi connectivity index (χ1n) is 7.72. The molecule has 1 aromatic heterocycles. The molecular weight excluding hydrogens is 312 g/mol. The van der Waals surface area contributed by atoms with E-state index in [4.69, 9.17) is 4.74 Å². The number of carbonyl (C=O) groups is 2. The molecule has 0 unspecified atom stereocenters. The van der Waals surface area contributed by atoms with Gasteiger partial charge >= 0.3 is 0 Å². The number of carbonyl (C=O) groups excluding carboxylic acids is 2. The maximum absolute atomic E-state index is 12.2. The minimum atomic E-state index is -0.0665. The Balaban J connectivity index is 1.31. The molecule has 0 aliphatic carbocycles. The number of nitrogens with zero attached hydrogens (tertiary/aromatic N) is 5. The first kappa shape index (κ1) is 14.6. The molecule has 0 spiro atoms. The zero-order chi connectivity index (χ0) is 16.5. The van der Waals surface area contributed by atoms with Crippen molar-refractivity contribution in [3.8, 4) is 11.4 Å². The highest BCUT2D eigenvalue weighted by molar-refractivity contribution is 5.82. The molecule has 2 atom stereocenters. The number of aromatic nitrogens is 4. The maximum atomic E-state index is 12.2. The number of hydrogen-bond donors (Lipinski definition) is 1. The van der Waals surface area contributed by atoms with Gasteiger partial charge in [0.2, 0.25) is 5.91 Å². The van der Waals surface area contributed by atoms with E-state index in [0.717, 1.165) is 5.69 Å². The lowest BCUT2D eigenvalue weighted by atomic mass is 10.1. The summed E-state index contributed by atoms with van der Waals surface area (Å²) in [6, 6.07) is 7.25. The van der Waals surface area contributed by atoms with Crippen LogP contribution in [0.2, 0.25) is 0 Å². The number of ether oxygens (including phenoxy) is 1. The second-order valence-electron chi connectivity index (χ2n) is 5.97. The average Bonchev–Trinajstić information content (AvgIpc) is 3.29. The van der Waals surface area contributed by atoms with Crippen LogP contribution in [0.5, 0.6) is 5.75 Å². The molecule has 1 N–H and O–H groups in total. The van der Waals surface area contributed by atoms with Crippen LogP contribution >= 0.6 is 0 Å². The molecule has 2 aliphatic heterocycles. The third-order valence-corrected chi connectivity index (χ3v) is 4.40. The Morgan fingerprint density at radius 3 is 2.83 bits per heavy atom. The molecular formula is C15H16N6O3. The van der Waals surface area contributed by atoms with Crippen molar-refractivity contribution >= 4 is 11.8 Å². The van der Waals surface area contributed by atoms with Crippen LogP contribution in [0.1, 0.15) is 6.42 Å². The normalized spacial score (nSPS) is 22.3. The maximum Gasteiger partial charge on any atom is 0.260 e. The van der Waals surface area contributed by atoms with Crippen molar-refractivity contribution in [2.24, 2.45) is 5.92 Å². The minimum Gasteiger partial charge on any atom is -0.484 e. The number of fused-ring (bicyclic) bond motifs is 1. The Morgan fingerprint density at radius 2 is 2.12 bits per heavy atom. The van der Waals surface area contributed by atoms with Gasteiger partial charge in [0, 0.05) is 25.4 Å². The molecule has 2 saturated heterocycles. The summed E-state index contributed by atoms with van der Waals surface area (Å²) < 4.78 is 7.09. The van der Waals surface area contributed by atoms with Gasteiger partial charge in [-0.2, -0.15) is 0 Å². The topological polar surface area (TPSA) is 102 Å². The number of tetrazole rings is 1. The van der Waals surface area contributed by atoms with Crippen molar-refractivity contribution in [3.05, 3.63) is 30.6 Å². The van der Waals surface area contributed by atoms with Crippen LogP contribution in [-0.4, -0.2) is 62.7 Å². The van der Waals surface area contributed by atoms with E-state index in [1.54, 1.807) is 17.0 Å². The highest BCUT2D eigenvalue weighted by Crippen LogP contribution is 2.25. The summed E-state index contributed by atoms with van der Waals surface area (Å²) >= 11 is 0. The number of hydrogen-bond acceptors (Lipinski definition) is 6. The fourth-order valence-electron chi connectivity index (χ4n) is 3.16. The summed E-state index contributed by atoms with van der Waals surface area (Å²) in [5.74, 6) is 0.851. The van der Waals surface area contributed by atoms with Gasteiger partial charge in [-0.05, 0) is 34.7 Å². The van der Waals surface area contributed by atoms with Gasteiger partial charge in [0.15, 0.2) is 6.61 Å². The van der Waals surface area contributed by atoms with Crippen molar-refractivity contribution in [2.45, 2.75) is 12.5 Å². The van der Waals surface area contributed by atoms with Crippen molar-refractivity contribution in [1.29, 1.82) is 0 Å². The molecule has 2 aliphatic rings. The van der Waals surface area contributed by atoms with E-state index in [1.807, 2.05) is 12.1 Å². The molecule has 0 radical (unpaired) electrons. The highest BCUT2D eigenvalue weighted by Gasteiger charge is 2.41. The second-order valence-corrected chi connectivity index (χ2v) is 5.97. The van der Waals surface area contributed by atoms with Gasteiger partial charge < -0.3 is 15.0 Å². The summed E-state index contributed by atoms with van der Waals surface area (Å²) in [7, 11) is 0. The van der Waals surface area contributed by atoms with Crippen LogP contribution in [0.15, 0.2) is 30.6 Å². The Morgan fingerprint density at radius 1 is 1.29 bits per heavy atom. The third-order valence-electron chi connectivity index (χ3n) is 4.40. The van der Waals surface area contributed by atoms with Crippen molar-refractivity contribution < 1.29 is 14.3 Å². The lowest BCUT2D eigenvalue weighted by Gasteiger charge is -2.17. The van der Waals surface area contributed by atoms with E-state index in [9.17, 15) is 9.59 Å². The zero-order valence-electron chi connectivity index (χ0n) is 12.8. The lowest BCUT2D eigenvalue weighted by molar-refractivity contribution is -0.133. The largest absolute Gasteiger partial charge is 0.484 e. The predicted octanol–water partition coefficient (Wildman–Crippen LogP) is -0.612. The van der Waals surface area contributed by atoms with Gasteiger partial charge in [-0.25, -0.2) is 4.68 Å². The Kier molecular flexibility index (Phi) is 3.60. The summed E-state index contributed by atoms with van der Waals surface area (Å²) in [5, 5.41) is 13.9. The van der Waals surface area contributed by atoms with Gasteiger partial charge in [0.1, 0.15) is 12.1 Å². The first-order chi connectivity index (χ1) is 11.7. The van der Waals surface area contributed by atoms with Crippen molar-refractivity contribution in [1.82, 2.24) is 30.4 Å². The van der Waals surface area contributed by atoms with E-state index in [2.05, 4.69) is 20.8 Å². The Hall–Kier alpha value is -2.97. The van der Waals surface area contributed by atoms with E-state index >= 15 is 0 Å². The quantitative estimate of drug-likeness (QED) is 0.803. The smallest absolute Gasteiger partial charge is 0.260 e. The molecule has 2 fully saturated rings. The van der Waals surface area contributed by atoms with Crippen LogP contribution in [0.3, 0.4) is 0 Å². The number of nitrogens with one attached hydrogen (secondary N) is 1. The van der Waals surface area contributed by atoms with Crippen LogP contribution in [-0.2, 0) is 9.59 Å². The average molecular weight is 328 g/mol. The van der Waals surface area contributed by atoms with Crippen LogP contribution < -0.4 is 10.1 Å². The van der Waals surface area contributed by atoms with E-state index in [-0.39, 0.29) is 30.4 Å². The van der Waals surface area contributed by atoms with Gasteiger partial charge in [0.25, 0.3) is 5.91 Å². The van der Waals surface area contributed by atoms with Crippen molar-refractivity contribution in [3.63, 3.8) is 0 Å². The molecule has 0 bridgehead atoms. The summed E-state index contributed by atoms with van der Waals surface area (Å²) in [6.07, 6.45) is 2.01. The lowest BCUT2D eigenvalue weighted by Crippen LogP contribution is -2.37. The molecule has 2 amide bonds. The number of benzene rings is 1.